The van der Waals surface area contributed by atoms with E-state index in [0.717, 1.165) is 23.8 Å². The van der Waals surface area contributed by atoms with Crippen LogP contribution in [0.3, 0.4) is 0 Å². The summed E-state index contributed by atoms with van der Waals surface area (Å²) in [4.78, 5) is 4.06. The molecule has 19 heavy (non-hydrogen) atoms. The van der Waals surface area contributed by atoms with E-state index in [-0.39, 0.29) is 17.7 Å². The predicted molar refractivity (Wildman–Crippen MR) is 68.0 cm³/mol. The van der Waals surface area contributed by atoms with Crippen molar-refractivity contribution >= 4 is 0 Å². The molecule has 0 aliphatic heterocycles. The molecule has 0 saturated carbocycles. The summed E-state index contributed by atoms with van der Waals surface area (Å²) in [5.41, 5.74) is 6.66. The third-order valence-corrected chi connectivity index (χ3v) is 2.41. The summed E-state index contributed by atoms with van der Waals surface area (Å²) >= 11 is 0. The van der Waals surface area contributed by atoms with Crippen LogP contribution in [0.15, 0.2) is 36.5 Å². The van der Waals surface area contributed by atoms with E-state index in [1.54, 1.807) is 12.3 Å². The van der Waals surface area contributed by atoms with Gasteiger partial charge in [0.15, 0.2) is 0 Å². The van der Waals surface area contributed by atoms with Crippen LogP contribution in [0.1, 0.15) is 12.5 Å². The molecule has 1 atom stereocenters. The van der Waals surface area contributed by atoms with Gasteiger partial charge in [0.05, 0.1) is 0 Å². The monoisotopic (exact) mass is 264 g/mol. The van der Waals surface area contributed by atoms with Gasteiger partial charge in [-0.15, -0.1) is 0 Å². The van der Waals surface area contributed by atoms with Gasteiger partial charge >= 0.3 is 0 Å². The van der Waals surface area contributed by atoms with Crippen molar-refractivity contribution in [2.45, 2.75) is 19.4 Å². The molecule has 0 fully saturated rings. The molecule has 2 N–H and O–H groups in total. The first-order valence-corrected chi connectivity index (χ1v) is 5.87. The van der Waals surface area contributed by atoms with Crippen LogP contribution in [0, 0.1) is 11.6 Å². The molecule has 0 aliphatic rings. The van der Waals surface area contributed by atoms with Crippen LogP contribution >= 0.6 is 0 Å². The molecule has 1 aromatic heterocycles. The number of nitrogens with two attached hydrogens (primary N) is 1. The third kappa shape index (κ3) is 3.99. The quantitative estimate of drug-likeness (QED) is 0.923. The Hall–Kier alpha value is -2.01. The van der Waals surface area contributed by atoms with Crippen LogP contribution in [-0.4, -0.2) is 11.0 Å². The van der Waals surface area contributed by atoms with Crippen molar-refractivity contribution in [3.63, 3.8) is 0 Å². The van der Waals surface area contributed by atoms with E-state index in [0.29, 0.717) is 6.42 Å². The van der Waals surface area contributed by atoms with E-state index in [1.165, 1.54) is 0 Å². The number of pyridine rings is 1. The average molecular weight is 264 g/mol. The molecular weight excluding hydrogens is 250 g/mol. The van der Waals surface area contributed by atoms with Gasteiger partial charge in [-0.05, 0) is 18.9 Å². The van der Waals surface area contributed by atoms with Crippen LogP contribution in [0.4, 0.5) is 8.78 Å². The first kappa shape index (κ1) is 13.4. The van der Waals surface area contributed by atoms with Crippen LogP contribution in [0.2, 0.25) is 0 Å². The topological polar surface area (TPSA) is 48.1 Å². The molecular formula is C14H14F2N2O. The van der Waals surface area contributed by atoms with Crippen molar-refractivity contribution in [2.24, 2.45) is 5.73 Å². The molecule has 100 valence electrons. The van der Waals surface area contributed by atoms with Gasteiger partial charge in [0.1, 0.15) is 17.4 Å². The van der Waals surface area contributed by atoms with E-state index in [1.807, 2.05) is 13.0 Å². The summed E-state index contributed by atoms with van der Waals surface area (Å²) in [6.45, 7) is 1.90. The van der Waals surface area contributed by atoms with Crippen LogP contribution in [0.25, 0.3) is 0 Å². The Morgan fingerprint density at radius 2 is 1.89 bits per heavy atom. The highest BCUT2D eigenvalue weighted by atomic mass is 19.1. The number of aromatic nitrogens is 1. The van der Waals surface area contributed by atoms with Crippen LogP contribution in [-0.2, 0) is 6.42 Å². The molecule has 2 rings (SSSR count). The lowest BCUT2D eigenvalue weighted by Gasteiger charge is -2.07. The highest BCUT2D eigenvalue weighted by molar-refractivity contribution is 5.29. The van der Waals surface area contributed by atoms with E-state index in [2.05, 4.69) is 4.98 Å². The lowest BCUT2D eigenvalue weighted by Crippen LogP contribution is -2.17. The Balaban J connectivity index is 2.10. The zero-order chi connectivity index (χ0) is 13.8. The summed E-state index contributed by atoms with van der Waals surface area (Å²) in [6.07, 6.45) is 2.34. The molecule has 1 heterocycles. The van der Waals surface area contributed by atoms with Gasteiger partial charge in [0.25, 0.3) is 0 Å². The first-order valence-electron chi connectivity index (χ1n) is 5.87. The average Bonchev–Trinajstić information content (AvgIpc) is 2.29. The Morgan fingerprint density at radius 3 is 2.42 bits per heavy atom. The maximum absolute atomic E-state index is 13.0. The van der Waals surface area contributed by atoms with E-state index in [9.17, 15) is 8.78 Å². The van der Waals surface area contributed by atoms with E-state index in [4.69, 9.17) is 10.5 Å². The minimum atomic E-state index is -0.691. The molecule has 3 nitrogen and oxygen atoms in total. The minimum absolute atomic E-state index is 0.0471. The van der Waals surface area contributed by atoms with Crippen molar-refractivity contribution in [3.05, 3.63) is 53.7 Å². The van der Waals surface area contributed by atoms with Gasteiger partial charge in [-0.3, -0.25) is 0 Å². The predicted octanol–water partition coefficient (Wildman–Crippen LogP) is 3.04. The zero-order valence-corrected chi connectivity index (χ0v) is 10.4. The number of hydrogen-bond acceptors (Lipinski definition) is 3. The van der Waals surface area contributed by atoms with Gasteiger partial charge in [-0.2, -0.15) is 0 Å². The number of rotatable bonds is 4. The van der Waals surface area contributed by atoms with Crippen molar-refractivity contribution in [2.75, 3.05) is 0 Å². The Bertz CT molecular complexity index is 536. The van der Waals surface area contributed by atoms with Gasteiger partial charge in [0.2, 0.25) is 5.88 Å². The molecule has 0 radical (unpaired) electrons. The Kier molecular flexibility index (Phi) is 4.06. The smallest absolute Gasteiger partial charge is 0.219 e. The molecule has 1 aromatic carbocycles. The molecule has 0 amide bonds. The van der Waals surface area contributed by atoms with Gasteiger partial charge in [0, 0.05) is 36.5 Å². The highest BCUT2D eigenvalue weighted by Gasteiger charge is 2.04. The first-order chi connectivity index (χ1) is 9.02. The fourth-order valence-electron chi connectivity index (χ4n) is 1.67. The molecule has 2 aromatic rings. The fraction of sp³-hybridized carbons (Fsp3) is 0.214. The maximum Gasteiger partial charge on any atom is 0.219 e. The third-order valence-electron chi connectivity index (χ3n) is 2.41. The van der Waals surface area contributed by atoms with Crippen molar-refractivity contribution in [1.29, 1.82) is 0 Å². The highest BCUT2D eigenvalue weighted by Crippen LogP contribution is 2.21. The zero-order valence-electron chi connectivity index (χ0n) is 10.4. The second-order valence-corrected chi connectivity index (χ2v) is 4.39. The van der Waals surface area contributed by atoms with Crippen LogP contribution in [0.5, 0.6) is 11.6 Å². The summed E-state index contributed by atoms with van der Waals surface area (Å²) in [5.74, 6) is -1.03. The number of ether oxygens (including phenoxy) is 1. The van der Waals surface area contributed by atoms with Gasteiger partial charge in [-0.25, -0.2) is 13.8 Å². The van der Waals surface area contributed by atoms with Crippen molar-refractivity contribution < 1.29 is 13.5 Å². The fourth-order valence-corrected chi connectivity index (χ4v) is 1.67. The number of halogens is 2. The molecule has 0 spiro atoms. The standard InChI is InChI=1S/C14H14F2N2O/c1-9(17)4-10-2-3-14(18-8-10)19-13-6-11(15)5-12(16)7-13/h2-3,5-9H,4,17H2,1H3. The van der Waals surface area contributed by atoms with Crippen molar-refractivity contribution in [3.8, 4) is 11.6 Å². The Labute approximate surface area is 110 Å². The maximum atomic E-state index is 13.0. The second kappa shape index (κ2) is 5.75. The van der Waals surface area contributed by atoms with Crippen molar-refractivity contribution in [1.82, 2.24) is 4.98 Å². The molecule has 0 saturated heterocycles. The second-order valence-electron chi connectivity index (χ2n) is 4.39. The SMILES string of the molecule is CC(N)Cc1ccc(Oc2cc(F)cc(F)c2)nc1. The molecule has 0 aliphatic carbocycles. The Morgan fingerprint density at radius 1 is 1.21 bits per heavy atom. The lowest BCUT2D eigenvalue weighted by atomic mass is 10.1. The van der Waals surface area contributed by atoms with Crippen LogP contribution < -0.4 is 10.5 Å². The van der Waals surface area contributed by atoms with Gasteiger partial charge < -0.3 is 10.5 Å². The van der Waals surface area contributed by atoms with E-state index >= 15 is 0 Å². The number of hydrogen-bond donors (Lipinski definition) is 1. The molecule has 0 bridgehead atoms. The summed E-state index contributed by atoms with van der Waals surface area (Å²) in [7, 11) is 0. The van der Waals surface area contributed by atoms with Gasteiger partial charge in [-0.1, -0.05) is 6.07 Å². The number of nitrogens with zero attached hydrogens (tertiary/aromatic N) is 1. The van der Waals surface area contributed by atoms with E-state index < -0.39 is 11.6 Å². The largest absolute Gasteiger partial charge is 0.439 e. The summed E-state index contributed by atoms with van der Waals surface area (Å²) in [6, 6.07) is 6.49. The molecule has 5 heteroatoms. The normalized spacial score (nSPS) is 12.2. The number of benzene rings is 1. The minimum Gasteiger partial charge on any atom is -0.439 e. The summed E-state index contributed by atoms with van der Waals surface area (Å²) in [5, 5.41) is 0. The lowest BCUT2D eigenvalue weighted by molar-refractivity contribution is 0.451. The summed E-state index contributed by atoms with van der Waals surface area (Å²) < 4.78 is 31.2. The molecule has 1 unspecified atom stereocenters.